The highest BCUT2D eigenvalue weighted by Crippen LogP contribution is 2.34. The van der Waals surface area contributed by atoms with Crippen LogP contribution in [0.5, 0.6) is 0 Å². The van der Waals surface area contributed by atoms with Gasteiger partial charge in [-0.05, 0) is 6.92 Å². The first-order valence-corrected chi connectivity index (χ1v) is 9.63. The number of aryl methyl sites for hydroxylation is 1. The number of likely N-dealkylation sites (tertiary alicyclic amines) is 1. The van der Waals surface area contributed by atoms with Crippen molar-refractivity contribution in [2.24, 2.45) is 11.8 Å². The average molecular weight is 328 g/mol. The van der Waals surface area contributed by atoms with E-state index in [1.54, 1.807) is 0 Å². The van der Waals surface area contributed by atoms with E-state index in [2.05, 4.69) is 27.8 Å². The van der Waals surface area contributed by atoms with Crippen LogP contribution in [0.2, 0.25) is 0 Å². The number of nitrogens with one attached hydrogen (secondary N) is 1. The molecule has 3 rings (SSSR count). The summed E-state index contributed by atoms with van der Waals surface area (Å²) in [6.07, 6.45) is 5.43. The lowest BCUT2D eigenvalue weighted by atomic mass is 9.93. The SMILES string of the molecule is CCn1cc(CN2C[C@@H]3[C@@H](CNS(C)(=O)=O)CO[C@@H]3C2)cn1. The van der Waals surface area contributed by atoms with Gasteiger partial charge in [-0.25, -0.2) is 13.1 Å². The average Bonchev–Trinajstić information content (AvgIpc) is 3.11. The number of ether oxygens (including phenoxy) is 1. The third-order valence-corrected chi connectivity index (χ3v) is 5.23. The van der Waals surface area contributed by atoms with Crippen molar-refractivity contribution < 1.29 is 13.2 Å². The van der Waals surface area contributed by atoms with Gasteiger partial charge in [-0.15, -0.1) is 0 Å². The number of fused-ring (bicyclic) bond motifs is 1. The van der Waals surface area contributed by atoms with E-state index in [-0.39, 0.29) is 12.0 Å². The maximum Gasteiger partial charge on any atom is 0.208 e. The third kappa shape index (κ3) is 3.68. The zero-order valence-corrected chi connectivity index (χ0v) is 13.9. The lowest BCUT2D eigenvalue weighted by Crippen LogP contribution is -2.33. The van der Waals surface area contributed by atoms with Gasteiger partial charge in [-0.3, -0.25) is 9.58 Å². The minimum absolute atomic E-state index is 0.229. The van der Waals surface area contributed by atoms with Crippen LogP contribution in [-0.2, 0) is 27.8 Å². The van der Waals surface area contributed by atoms with Gasteiger partial charge in [-0.1, -0.05) is 0 Å². The number of hydrogen-bond acceptors (Lipinski definition) is 5. The monoisotopic (exact) mass is 328 g/mol. The summed E-state index contributed by atoms with van der Waals surface area (Å²) in [7, 11) is -3.13. The van der Waals surface area contributed by atoms with Crippen molar-refractivity contribution in [3.05, 3.63) is 18.0 Å². The van der Waals surface area contributed by atoms with Crippen molar-refractivity contribution in [3.8, 4) is 0 Å². The van der Waals surface area contributed by atoms with Crippen molar-refractivity contribution in [2.75, 3.05) is 32.5 Å². The van der Waals surface area contributed by atoms with Gasteiger partial charge in [0.2, 0.25) is 10.0 Å². The molecular formula is C14H24N4O3S. The number of sulfonamides is 1. The zero-order chi connectivity index (χ0) is 15.7. The summed E-state index contributed by atoms with van der Waals surface area (Å²) < 4.78 is 32.9. The van der Waals surface area contributed by atoms with E-state index in [4.69, 9.17) is 4.74 Å². The Bertz CT molecular complexity index is 615. The second kappa shape index (κ2) is 6.27. The highest BCUT2D eigenvalue weighted by Gasteiger charge is 2.43. The van der Waals surface area contributed by atoms with E-state index >= 15 is 0 Å². The van der Waals surface area contributed by atoms with E-state index < -0.39 is 10.0 Å². The predicted molar refractivity (Wildman–Crippen MR) is 82.7 cm³/mol. The summed E-state index contributed by atoms with van der Waals surface area (Å²) in [5.41, 5.74) is 1.22. The molecule has 0 spiro atoms. The molecule has 2 aliphatic heterocycles. The van der Waals surface area contributed by atoms with Crippen LogP contribution in [0.25, 0.3) is 0 Å². The number of nitrogens with zero attached hydrogens (tertiary/aromatic N) is 3. The van der Waals surface area contributed by atoms with E-state index in [0.717, 1.165) is 26.2 Å². The van der Waals surface area contributed by atoms with Gasteiger partial charge < -0.3 is 4.74 Å². The van der Waals surface area contributed by atoms with Crippen molar-refractivity contribution in [1.29, 1.82) is 0 Å². The summed E-state index contributed by atoms with van der Waals surface area (Å²) in [6.45, 7) is 6.83. The van der Waals surface area contributed by atoms with Gasteiger partial charge >= 0.3 is 0 Å². The topological polar surface area (TPSA) is 76.5 Å². The molecule has 3 atom stereocenters. The Morgan fingerprint density at radius 3 is 2.95 bits per heavy atom. The fourth-order valence-electron chi connectivity index (χ4n) is 3.40. The van der Waals surface area contributed by atoms with Crippen molar-refractivity contribution in [1.82, 2.24) is 19.4 Å². The van der Waals surface area contributed by atoms with Gasteiger partial charge in [0.1, 0.15) is 0 Å². The Balaban J connectivity index is 1.55. The molecule has 0 unspecified atom stereocenters. The van der Waals surface area contributed by atoms with Gasteiger partial charge in [0.15, 0.2) is 0 Å². The lowest BCUT2D eigenvalue weighted by Gasteiger charge is -2.19. The van der Waals surface area contributed by atoms with Crippen molar-refractivity contribution >= 4 is 10.0 Å². The fourth-order valence-corrected chi connectivity index (χ4v) is 3.91. The maximum atomic E-state index is 11.2. The van der Waals surface area contributed by atoms with Crippen molar-refractivity contribution in [2.45, 2.75) is 26.1 Å². The summed E-state index contributed by atoms with van der Waals surface area (Å²) in [5.74, 6) is 0.679. The molecule has 0 aromatic carbocycles. The van der Waals surface area contributed by atoms with Crippen LogP contribution in [0.1, 0.15) is 12.5 Å². The number of hydrogen-bond donors (Lipinski definition) is 1. The highest BCUT2D eigenvalue weighted by molar-refractivity contribution is 7.88. The molecule has 2 aliphatic rings. The third-order valence-electron chi connectivity index (χ3n) is 4.54. The normalized spacial score (nSPS) is 29.1. The molecule has 7 nitrogen and oxygen atoms in total. The Morgan fingerprint density at radius 1 is 1.45 bits per heavy atom. The van der Waals surface area contributed by atoms with Crippen LogP contribution in [-0.4, -0.2) is 61.7 Å². The molecule has 1 N–H and O–H groups in total. The molecule has 0 bridgehead atoms. The molecule has 8 heteroatoms. The second-order valence-corrected chi connectivity index (χ2v) is 8.15. The van der Waals surface area contributed by atoms with E-state index in [1.807, 2.05) is 10.9 Å². The van der Waals surface area contributed by atoms with Crippen LogP contribution in [0.15, 0.2) is 12.4 Å². The first-order chi connectivity index (χ1) is 10.4. The summed E-state index contributed by atoms with van der Waals surface area (Å²) in [5, 5.41) is 4.30. The molecule has 0 radical (unpaired) electrons. The van der Waals surface area contributed by atoms with Gasteiger partial charge in [-0.2, -0.15) is 5.10 Å². The number of rotatable bonds is 6. The smallest absolute Gasteiger partial charge is 0.208 e. The molecule has 124 valence electrons. The minimum Gasteiger partial charge on any atom is -0.376 e. The Morgan fingerprint density at radius 2 is 2.27 bits per heavy atom. The van der Waals surface area contributed by atoms with Gasteiger partial charge in [0, 0.05) is 56.3 Å². The summed E-state index contributed by atoms with van der Waals surface area (Å²) in [4.78, 5) is 2.37. The predicted octanol–water partition coefficient (Wildman–Crippen LogP) is -0.101. The highest BCUT2D eigenvalue weighted by atomic mass is 32.2. The second-order valence-electron chi connectivity index (χ2n) is 6.31. The zero-order valence-electron chi connectivity index (χ0n) is 13.1. The molecule has 22 heavy (non-hydrogen) atoms. The van der Waals surface area contributed by atoms with Crippen LogP contribution >= 0.6 is 0 Å². The van der Waals surface area contributed by atoms with Crippen LogP contribution in [0.4, 0.5) is 0 Å². The van der Waals surface area contributed by atoms with Gasteiger partial charge in [0.25, 0.3) is 0 Å². The molecule has 1 aromatic heterocycles. The maximum absolute atomic E-state index is 11.2. The van der Waals surface area contributed by atoms with Crippen LogP contribution < -0.4 is 4.72 Å². The van der Waals surface area contributed by atoms with Crippen LogP contribution in [0.3, 0.4) is 0 Å². The summed E-state index contributed by atoms with van der Waals surface area (Å²) >= 11 is 0. The van der Waals surface area contributed by atoms with Crippen LogP contribution in [0, 0.1) is 11.8 Å². The first-order valence-electron chi connectivity index (χ1n) is 7.74. The van der Waals surface area contributed by atoms with Gasteiger partial charge in [0.05, 0.1) is 25.2 Å². The standard InChI is InChI=1S/C14H24N4O3S/c1-3-18-7-11(4-15-18)6-17-8-13-12(5-16-22(2,19)20)10-21-14(13)9-17/h4,7,12-14,16H,3,5-6,8-10H2,1-2H3/t12-,13+,14+/m0/s1. The molecule has 1 aromatic rings. The molecular weight excluding hydrogens is 304 g/mol. The van der Waals surface area contributed by atoms with E-state index in [9.17, 15) is 8.42 Å². The lowest BCUT2D eigenvalue weighted by molar-refractivity contribution is 0.0942. The first kappa shape index (κ1) is 15.9. The van der Waals surface area contributed by atoms with E-state index in [1.165, 1.54) is 11.8 Å². The molecule has 0 amide bonds. The Labute approximate surface area is 131 Å². The minimum atomic E-state index is -3.13. The fraction of sp³-hybridized carbons (Fsp3) is 0.786. The largest absolute Gasteiger partial charge is 0.376 e. The molecule has 0 aliphatic carbocycles. The Hall–Kier alpha value is -0.960. The molecule has 3 heterocycles. The molecule has 0 saturated carbocycles. The Kier molecular flexibility index (Phi) is 4.54. The molecule has 2 saturated heterocycles. The number of aromatic nitrogens is 2. The summed E-state index contributed by atoms with van der Waals surface area (Å²) in [6, 6.07) is 0. The quantitative estimate of drug-likeness (QED) is 0.789. The molecule has 2 fully saturated rings. The van der Waals surface area contributed by atoms with Crippen molar-refractivity contribution in [3.63, 3.8) is 0 Å². The van der Waals surface area contributed by atoms with E-state index in [0.29, 0.717) is 19.1 Å².